The molecular formula is C11H11NO2S. The molecule has 1 aromatic carbocycles. The zero-order chi connectivity index (χ0) is 11.4. The second-order valence-electron chi connectivity index (χ2n) is 3.04. The van der Waals surface area contributed by atoms with Crippen molar-refractivity contribution < 1.29 is 9.90 Å². The van der Waals surface area contributed by atoms with Gasteiger partial charge in [-0.25, -0.2) is 4.79 Å². The molecule has 0 aliphatic rings. The van der Waals surface area contributed by atoms with Crippen LogP contribution in [0.4, 0.5) is 0 Å². The van der Waals surface area contributed by atoms with Gasteiger partial charge in [-0.2, -0.15) is 0 Å². The molecule has 0 heterocycles. The summed E-state index contributed by atoms with van der Waals surface area (Å²) in [6.07, 6.45) is 0. The van der Waals surface area contributed by atoms with Crippen LogP contribution in [0.2, 0.25) is 0 Å². The van der Waals surface area contributed by atoms with Gasteiger partial charge in [-0.1, -0.05) is 49.1 Å². The lowest BCUT2D eigenvalue weighted by Gasteiger charge is -2.13. The number of benzene rings is 1. The van der Waals surface area contributed by atoms with Crippen molar-refractivity contribution in [1.29, 1.82) is 0 Å². The minimum Gasteiger partial charge on any atom is -0.478 e. The van der Waals surface area contributed by atoms with Crippen LogP contribution in [0.15, 0.2) is 42.5 Å². The Hall–Kier alpha value is -1.52. The van der Waals surface area contributed by atoms with Crippen LogP contribution in [-0.2, 0) is 4.79 Å². The molecule has 0 saturated carbocycles. The predicted molar refractivity (Wildman–Crippen MR) is 62.7 cm³/mol. The van der Waals surface area contributed by atoms with Gasteiger partial charge in [0.15, 0.2) is 0 Å². The summed E-state index contributed by atoms with van der Waals surface area (Å²) < 4.78 is 0. The van der Waals surface area contributed by atoms with Crippen molar-refractivity contribution in [3.8, 4) is 0 Å². The largest absolute Gasteiger partial charge is 0.478 e. The zero-order valence-electron chi connectivity index (χ0n) is 8.01. The monoisotopic (exact) mass is 221 g/mol. The van der Waals surface area contributed by atoms with Crippen molar-refractivity contribution in [2.75, 3.05) is 0 Å². The average molecular weight is 221 g/mol. The van der Waals surface area contributed by atoms with Crippen molar-refractivity contribution in [3.05, 3.63) is 48.0 Å². The summed E-state index contributed by atoms with van der Waals surface area (Å²) in [5.74, 6) is -1.13. The molecule has 3 nitrogen and oxygen atoms in total. The van der Waals surface area contributed by atoms with Gasteiger partial charge in [-0.05, 0) is 5.56 Å². The third-order valence-corrected chi connectivity index (χ3v) is 2.50. The average Bonchev–Trinajstić information content (AvgIpc) is 2.27. The summed E-state index contributed by atoms with van der Waals surface area (Å²) in [4.78, 5) is 10.8. The number of carboxylic acids is 1. The number of carbonyl (C=O) groups is 1. The molecule has 15 heavy (non-hydrogen) atoms. The van der Waals surface area contributed by atoms with Gasteiger partial charge in [0, 0.05) is 0 Å². The van der Waals surface area contributed by atoms with Crippen LogP contribution in [0.25, 0.3) is 0 Å². The molecule has 0 fully saturated rings. The Kier molecular flexibility index (Phi) is 3.71. The maximum atomic E-state index is 10.6. The quantitative estimate of drug-likeness (QED) is 0.600. The number of hydrogen-bond donors (Lipinski definition) is 2. The predicted octanol–water partition coefficient (Wildman–Crippen LogP) is 1.70. The molecule has 0 saturated heterocycles. The SMILES string of the molecule is C=C(C(=O)O)C(=S)C(N)c1ccccc1. The maximum absolute atomic E-state index is 10.6. The fourth-order valence-electron chi connectivity index (χ4n) is 1.10. The Morgan fingerprint density at radius 2 is 1.93 bits per heavy atom. The standard InChI is InChI=1S/C11H11NO2S/c1-7(11(13)14)10(15)9(12)8-5-3-2-4-6-8/h2-6,9H,1,12H2,(H,13,14). The van der Waals surface area contributed by atoms with Gasteiger partial charge >= 0.3 is 5.97 Å². The van der Waals surface area contributed by atoms with Crippen LogP contribution < -0.4 is 5.73 Å². The van der Waals surface area contributed by atoms with Gasteiger partial charge in [0.05, 0.1) is 16.5 Å². The fourth-order valence-corrected chi connectivity index (χ4v) is 1.33. The van der Waals surface area contributed by atoms with Gasteiger partial charge in [0.2, 0.25) is 0 Å². The first kappa shape index (κ1) is 11.6. The van der Waals surface area contributed by atoms with Crippen molar-refractivity contribution in [2.45, 2.75) is 6.04 Å². The minimum absolute atomic E-state index is 0.124. The van der Waals surface area contributed by atoms with E-state index in [1.165, 1.54) is 0 Å². The zero-order valence-corrected chi connectivity index (χ0v) is 8.83. The summed E-state index contributed by atoms with van der Waals surface area (Å²) in [6, 6.07) is 8.50. The van der Waals surface area contributed by atoms with E-state index in [4.69, 9.17) is 23.1 Å². The lowest BCUT2D eigenvalue weighted by atomic mass is 10.0. The van der Waals surface area contributed by atoms with Crippen LogP contribution in [0.1, 0.15) is 11.6 Å². The first-order valence-corrected chi connectivity index (χ1v) is 4.72. The molecule has 0 aliphatic heterocycles. The fraction of sp³-hybridized carbons (Fsp3) is 0.0909. The Balaban J connectivity index is 2.87. The van der Waals surface area contributed by atoms with E-state index in [1.54, 1.807) is 12.1 Å². The van der Waals surface area contributed by atoms with E-state index in [9.17, 15) is 4.79 Å². The van der Waals surface area contributed by atoms with Gasteiger partial charge < -0.3 is 10.8 Å². The highest BCUT2D eigenvalue weighted by Gasteiger charge is 2.18. The van der Waals surface area contributed by atoms with Gasteiger partial charge in [-0.3, -0.25) is 0 Å². The molecule has 1 aromatic rings. The molecule has 0 aliphatic carbocycles. The first-order chi connectivity index (χ1) is 7.04. The third kappa shape index (κ3) is 2.71. The first-order valence-electron chi connectivity index (χ1n) is 4.31. The van der Waals surface area contributed by atoms with Crippen LogP contribution in [0.3, 0.4) is 0 Å². The van der Waals surface area contributed by atoms with E-state index in [-0.39, 0.29) is 10.4 Å². The van der Waals surface area contributed by atoms with Crippen molar-refractivity contribution >= 4 is 23.1 Å². The van der Waals surface area contributed by atoms with Crippen LogP contribution in [0, 0.1) is 0 Å². The summed E-state index contributed by atoms with van der Waals surface area (Å²) in [6.45, 7) is 3.38. The second-order valence-corrected chi connectivity index (χ2v) is 3.48. The highest BCUT2D eigenvalue weighted by Crippen LogP contribution is 2.15. The van der Waals surface area contributed by atoms with E-state index < -0.39 is 12.0 Å². The molecule has 0 radical (unpaired) electrons. The molecule has 0 spiro atoms. The van der Waals surface area contributed by atoms with Gasteiger partial charge in [0.25, 0.3) is 0 Å². The minimum atomic E-state index is -1.13. The normalized spacial score (nSPS) is 11.8. The topological polar surface area (TPSA) is 63.3 Å². The summed E-state index contributed by atoms with van der Waals surface area (Å²) >= 11 is 4.95. The van der Waals surface area contributed by atoms with Gasteiger partial charge in [-0.15, -0.1) is 0 Å². The number of aliphatic carboxylic acids is 1. The van der Waals surface area contributed by atoms with Crippen molar-refractivity contribution in [1.82, 2.24) is 0 Å². The van der Waals surface area contributed by atoms with E-state index in [0.717, 1.165) is 5.56 Å². The Bertz CT molecular complexity index is 400. The smallest absolute Gasteiger partial charge is 0.336 e. The maximum Gasteiger partial charge on any atom is 0.336 e. The molecular weight excluding hydrogens is 210 g/mol. The highest BCUT2D eigenvalue weighted by molar-refractivity contribution is 7.81. The third-order valence-electron chi connectivity index (χ3n) is 2.00. The number of carboxylic acid groups (broad SMARTS) is 1. The van der Waals surface area contributed by atoms with Crippen LogP contribution in [0.5, 0.6) is 0 Å². The Morgan fingerprint density at radius 3 is 2.40 bits per heavy atom. The van der Waals surface area contributed by atoms with E-state index in [0.29, 0.717) is 0 Å². The number of rotatable bonds is 4. The van der Waals surface area contributed by atoms with Gasteiger partial charge in [0.1, 0.15) is 0 Å². The van der Waals surface area contributed by atoms with E-state index in [1.807, 2.05) is 18.2 Å². The van der Waals surface area contributed by atoms with E-state index >= 15 is 0 Å². The lowest BCUT2D eigenvalue weighted by molar-refractivity contribution is -0.132. The lowest BCUT2D eigenvalue weighted by Crippen LogP contribution is -2.24. The van der Waals surface area contributed by atoms with Crippen molar-refractivity contribution in [3.63, 3.8) is 0 Å². The number of nitrogens with two attached hydrogens (primary N) is 1. The molecule has 1 unspecified atom stereocenters. The molecule has 78 valence electrons. The van der Waals surface area contributed by atoms with Crippen LogP contribution in [-0.4, -0.2) is 15.9 Å². The highest BCUT2D eigenvalue weighted by atomic mass is 32.1. The summed E-state index contributed by atoms with van der Waals surface area (Å²) in [5.41, 5.74) is 6.47. The Morgan fingerprint density at radius 1 is 1.40 bits per heavy atom. The van der Waals surface area contributed by atoms with Crippen molar-refractivity contribution in [2.24, 2.45) is 5.73 Å². The van der Waals surface area contributed by atoms with Crippen LogP contribution >= 0.6 is 12.2 Å². The number of thiocarbonyl (C=S) groups is 1. The Labute approximate surface area is 93.2 Å². The molecule has 3 N–H and O–H groups in total. The molecule has 0 bridgehead atoms. The second kappa shape index (κ2) is 4.82. The van der Waals surface area contributed by atoms with E-state index in [2.05, 4.69) is 6.58 Å². The number of hydrogen-bond acceptors (Lipinski definition) is 3. The summed E-state index contributed by atoms with van der Waals surface area (Å²) in [5, 5.41) is 8.71. The molecule has 0 aromatic heterocycles. The molecule has 1 atom stereocenters. The molecule has 1 rings (SSSR count). The summed E-state index contributed by atoms with van der Waals surface area (Å²) in [7, 11) is 0. The molecule has 0 amide bonds. The molecule has 4 heteroatoms.